The Morgan fingerprint density at radius 3 is 2.53 bits per heavy atom. The molecule has 1 aromatic heterocycles. The maximum absolute atomic E-state index is 14.5. The Morgan fingerprint density at radius 1 is 1.13 bits per heavy atom. The molecule has 8 heteroatoms. The molecule has 1 amide bonds. The molecule has 1 saturated heterocycles. The van der Waals surface area contributed by atoms with E-state index in [2.05, 4.69) is 14.8 Å². The molecule has 1 aliphatic heterocycles. The molecule has 2 heterocycles. The van der Waals surface area contributed by atoms with Crippen LogP contribution in [0.1, 0.15) is 52.0 Å². The number of hydrogen-bond acceptors (Lipinski definition) is 5. The SMILES string of the molecule is C[C@H]1CN(C(=O)CSc2nnc(-c3ccccc3F)n2C2CCCCC2)C[C@H](C)O1. The van der Waals surface area contributed by atoms with E-state index in [9.17, 15) is 9.18 Å². The topological polar surface area (TPSA) is 60.2 Å². The maximum atomic E-state index is 14.5. The third-order valence-corrected chi connectivity index (χ3v) is 6.74. The van der Waals surface area contributed by atoms with Gasteiger partial charge in [-0.2, -0.15) is 0 Å². The van der Waals surface area contributed by atoms with Crippen LogP contribution in [0, 0.1) is 5.82 Å². The van der Waals surface area contributed by atoms with Gasteiger partial charge in [-0.25, -0.2) is 4.39 Å². The molecule has 162 valence electrons. The summed E-state index contributed by atoms with van der Waals surface area (Å²) in [6, 6.07) is 6.93. The van der Waals surface area contributed by atoms with Crippen molar-refractivity contribution in [2.24, 2.45) is 0 Å². The van der Waals surface area contributed by atoms with Crippen molar-refractivity contribution in [3.8, 4) is 11.4 Å². The standard InChI is InChI=1S/C22H29FN4O2S/c1-15-12-26(13-16(2)29-15)20(28)14-30-22-25-24-21(18-10-6-7-11-19(18)23)27(22)17-8-4-3-5-9-17/h6-7,10-11,15-17H,3-5,8-9,12-14H2,1-2H3/t15-,16-/m0/s1. The summed E-state index contributed by atoms with van der Waals surface area (Å²) in [5, 5.41) is 9.41. The van der Waals surface area contributed by atoms with E-state index in [1.807, 2.05) is 24.8 Å². The van der Waals surface area contributed by atoms with Crippen molar-refractivity contribution in [3.63, 3.8) is 0 Å². The van der Waals surface area contributed by atoms with Gasteiger partial charge in [-0.15, -0.1) is 10.2 Å². The molecule has 0 spiro atoms. The van der Waals surface area contributed by atoms with Gasteiger partial charge in [0.15, 0.2) is 11.0 Å². The largest absolute Gasteiger partial charge is 0.372 e. The van der Waals surface area contributed by atoms with Gasteiger partial charge in [0, 0.05) is 19.1 Å². The van der Waals surface area contributed by atoms with Gasteiger partial charge in [-0.3, -0.25) is 9.36 Å². The number of morpholine rings is 1. The Morgan fingerprint density at radius 2 is 1.83 bits per heavy atom. The summed E-state index contributed by atoms with van der Waals surface area (Å²) in [5.41, 5.74) is 0.463. The molecule has 2 atom stereocenters. The average molecular weight is 433 g/mol. The van der Waals surface area contributed by atoms with Gasteiger partial charge < -0.3 is 9.64 Å². The summed E-state index contributed by atoms with van der Waals surface area (Å²) in [6.45, 7) is 5.20. The van der Waals surface area contributed by atoms with Crippen LogP contribution in [0.4, 0.5) is 4.39 Å². The average Bonchev–Trinajstić information content (AvgIpc) is 3.16. The first kappa shape index (κ1) is 21.3. The lowest BCUT2D eigenvalue weighted by atomic mass is 9.95. The second-order valence-electron chi connectivity index (χ2n) is 8.29. The van der Waals surface area contributed by atoms with Crippen LogP contribution in [-0.2, 0) is 9.53 Å². The van der Waals surface area contributed by atoms with E-state index in [1.54, 1.807) is 12.1 Å². The first-order valence-electron chi connectivity index (χ1n) is 10.8. The molecule has 1 aromatic carbocycles. The van der Waals surface area contributed by atoms with Gasteiger partial charge in [0.05, 0.1) is 23.5 Å². The highest BCUT2D eigenvalue weighted by atomic mass is 32.2. The molecule has 0 radical (unpaired) electrons. The molecule has 2 fully saturated rings. The number of hydrogen-bond donors (Lipinski definition) is 0. The highest BCUT2D eigenvalue weighted by Gasteiger charge is 2.28. The number of carbonyl (C=O) groups is 1. The summed E-state index contributed by atoms with van der Waals surface area (Å²) in [5.74, 6) is 0.628. The second-order valence-corrected chi connectivity index (χ2v) is 9.24. The normalized spacial score (nSPS) is 23.0. The van der Waals surface area contributed by atoms with Crippen LogP contribution in [0.25, 0.3) is 11.4 Å². The lowest BCUT2D eigenvalue weighted by Gasteiger charge is -2.35. The zero-order chi connectivity index (χ0) is 21.1. The van der Waals surface area contributed by atoms with Crippen molar-refractivity contribution in [1.29, 1.82) is 0 Å². The lowest BCUT2D eigenvalue weighted by molar-refractivity contribution is -0.140. The highest BCUT2D eigenvalue weighted by molar-refractivity contribution is 7.99. The quantitative estimate of drug-likeness (QED) is 0.659. The van der Waals surface area contributed by atoms with Crippen LogP contribution in [0.2, 0.25) is 0 Å². The van der Waals surface area contributed by atoms with Gasteiger partial charge in [-0.05, 0) is 38.8 Å². The summed E-state index contributed by atoms with van der Waals surface area (Å²) in [4.78, 5) is 14.7. The van der Waals surface area contributed by atoms with Crippen molar-refractivity contribution in [3.05, 3.63) is 30.1 Å². The number of ether oxygens (including phenoxy) is 1. The molecule has 4 rings (SSSR count). The Hall–Kier alpha value is -1.93. The minimum absolute atomic E-state index is 0.0428. The molecule has 30 heavy (non-hydrogen) atoms. The van der Waals surface area contributed by atoms with Crippen LogP contribution < -0.4 is 0 Å². The van der Waals surface area contributed by atoms with Crippen LogP contribution in [0.15, 0.2) is 29.4 Å². The lowest BCUT2D eigenvalue weighted by Crippen LogP contribution is -2.48. The Balaban J connectivity index is 1.55. The van der Waals surface area contributed by atoms with E-state index in [0.29, 0.717) is 35.4 Å². The smallest absolute Gasteiger partial charge is 0.233 e. The van der Waals surface area contributed by atoms with Crippen LogP contribution in [0.3, 0.4) is 0 Å². The summed E-state index contributed by atoms with van der Waals surface area (Å²) < 4.78 is 22.3. The van der Waals surface area contributed by atoms with Gasteiger partial charge in [0.1, 0.15) is 5.82 Å². The summed E-state index contributed by atoms with van der Waals surface area (Å²) >= 11 is 1.40. The number of aromatic nitrogens is 3. The van der Waals surface area contributed by atoms with Gasteiger partial charge in [0.2, 0.25) is 5.91 Å². The molecule has 0 bridgehead atoms. The van der Waals surface area contributed by atoms with E-state index < -0.39 is 0 Å². The van der Waals surface area contributed by atoms with Gasteiger partial charge in [-0.1, -0.05) is 43.2 Å². The first-order valence-corrected chi connectivity index (χ1v) is 11.8. The summed E-state index contributed by atoms with van der Waals surface area (Å²) in [6.07, 6.45) is 5.65. The minimum Gasteiger partial charge on any atom is -0.372 e. The van der Waals surface area contributed by atoms with E-state index in [1.165, 1.54) is 24.2 Å². The third kappa shape index (κ3) is 4.70. The zero-order valence-corrected chi connectivity index (χ0v) is 18.4. The van der Waals surface area contributed by atoms with Crippen LogP contribution in [0.5, 0.6) is 0 Å². The fraction of sp³-hybridized carbons (Fsp3) is 0.591. The van der Waals surface area contributed by atoms with Gasteiger partial charge >= 0.3 is 0 Å². The monoisotopic (exact) mass is 432 g/mol. The van der Waals surface area contributed by atoms with Crippen molar-refractivity contribution in [2.75, 3.05) is 18.8 Å². The van der Waals surface area contributed by atoms with Crippen molar-refractivity contribution in [2.45, 2.75) is 69.4 Å². The summed E-state index contributed by atoms with van der Waals surface area (Å²) in [7, 11) is 0. The van der Waals surface area contributed by atoms with E-state index >= 15 is 0 Å². The fourth-order valence-corrected chi connectivity index (χ4v) is 5.38. The Labute approximate surface area is 181 Å². The predicted molar refractivity (Wildman–Crippen MR) is 115 cm³/mol. The molecule has 1 aliphatic carbocycles. The fourth-order valence-electron chi connectivity index (χ4n) is 4.47. The van der Waals surface area contributed by atoms with E-state index in [4.69, 9.17) is 4.74 Å². The minimum atomic E-state index is -0.300. The number of halogens is 1. The van der Waals surface area contributed by atoms with E-state index in [-0.39, 0.29) is 30.0 Å². The number of nitrogens with zero attached hydrogens (tertiary/aromatic N) is 4. The second kappa shape index (κ2) is 9.47. The molecule has 1 saturated carbocycles. The molecule has 2 aliphatic rings. The number of benzene rings is 1. The zero-order valence-electron chi connectivity index (χ0n) is 17.6. The highest BCUT2D eigenvalue weighted by Crippen LogP contribution is 2.36. The molecule has 0 unspecified atom stereocenters. The van der Waals surface area contributed by atoms with Crippen molar-refractivity contribution in [1.82, 2.24) is 19.7 Å². The molecular formula is C22H29FN4O2S. The van der Waals surface area contributed by atoms with Crippen LogP contribution in [-0.4, -0.2) is 56.6 Å². The van der Waals surface area contributed by atoms with Gasteiger partial charge in [0.25, 0.3) is 0 Å². The molecular weight excluding hydrogens is 403 g/mol. The number of thioether (sulfide) groups is 1. The van der Waals surface area contributed by atoms with E-state index in [0.717, 1.165) is 25.7 Å². The Bertz CT molecular complexity index is 874. The van der Waals surface area contributed by atoms with Crippen molar-refractivity contribution < 1.29 is 13.9 Å². The predicted octanol–water partition coefficient (Wildman–Crippen LogP) is 4.32. The molecule has 2 aromatic rings. The first-order chi connectivity index (χ1) is 14.5. The third-order valence-electron chi connectivity index (χ3n) is 5.82. The molecule has 6 nitrogen and oxygen atoms in total. The molecule has 0 N–H and O–H groups in total. The van der Waals surface area contributed by atoms with Crippen LogP contribution >= 0.6 is 11.8 Å². The number of carbonyl (C=O) groups excluding carboxylic acids is 1. The number of amides is 1. The number of rotatable bonds is 5. The Kier molecular flexibility index (Phi) is 6.73. The van der Waals surface area contributed by atoms with Crippen molar-refractivity contribution >= 4 is 17.7 Å². The maximum Gasteiger partial charge on any atom is 0.233 e.